The number of amides is 2. The maximum atomic E-state index is 12.5. The number of carbonyl (C=O) groups excluding carboxylic acids is 2. The van der Waals surface area contributed by atoms with Gasteiger partial charge in [-0.15, -0.1) is 0 Å². The maximum Gasteiger partial charge on any atom is 0.417 e. The van der Waals surface area contributed by atoms with Crippen LogP contribution in [0.5, 0.6) is 0 Å². The first-order chi connectivity index (χ1) is 13.8. The van der Waals surface area contributed by atoms with Crippen molar-refractivity contribution in [2.24, 2.45) is 5.92 Å². The number of benzene rings is 1. The highest BCUT2D eigenvalue weighted by Gasteiger charge is 2.30. The topological polar surface area (TPSA) is 71.1 Å². The normalized spacial score (nSPS) is 15.0. The summed E-state index contributed by atoms with van der Waals surface area (Å²) in [6.45, 7) is 0.387. The predicted molar refractivity (Wildman–Crippen MR) is 102 cm³/mol. The van der Waals surface area contributed by atoms with E-state index < -0.39 is 17.6 Å². The summed E-state index contributed by atoms with van der Waals surface area (Å²) in [4.78, 5) is 28.0. The zero-order valence-electron chi connectivity index (χ0n) is 15.8. The van der Waals surface area contributed by atoms with Crippen molar-refractivity contribution in [3.63, 3.8) is 0 Å². The van der Waals surface area contributed by atoms with E-state index in [1.54, 1.807) is 24.3 Å². The zero-order chi connectivity index (χ0) is 20.9. The molecule has 1 fully saturated rings. The number of nitrogens with zero attached hydrogens (tertiary/aromatic N) is 1. The van der Waals surface area contributed by atoms with Gasteiger partial charge in [0.05, 0.1) is 5.56 Å². The molecule has 0 saturated heterocycles. The zero-order valence-corrected chi connectivity index (χ0v) is 15.8. The van der Waals surface area contributed by atoms with Crippen molar-refractivity contribution < 1.29 is 22.8 Å². The van der Waals surface area contributed by atoms with Gasteiger partial charge in [0.15, 0.2) is 0 Å². The van der Waals surface area contributed by atoms with Crippen molar-refractivity contribution in [3.8, 4) is 0 Å². The van der Waals surface area contributed by atoms with Gasteiger partial charge in [-0.05, 0) is 42.7 Å². The van der Waals surface area contributed by atoms with Crippen molar-refractivity contribution in [2.75, 3.05) is 5.32 Å². The number of rotatable bonds is 5. The Hall–Kier alpha value is -2.90. The van der Waals surface area contributed by atoms with Crippen LogP contribution in [0.2, 0.25) is 0 Å². The van der Waals surface area contributed by atoms with Crippen LogP contribution in [0.15, 0.2) is 42.6 Å². The molecule has 1 aliphatic rings. The lowest BCUT2D eigenvalue weighted by Crippen LogP contribution is -2.31. The molecule has 1 heterocycles. The highest BCUT2D eigenvalue weighted by molar-refractivity contribution is 6.03. The van der Waals surface area contributed by atoms with E-state index in [1.807, 2.05) is 0 Å². The minimum absolute atomic E-state index is 0.0341. The molecule has 1 saturated carbocycles. The number of halogens is 3. The summed E-state index contributed by atoms with van der Waals surface area (Å²) in [5.74, 6) is -0.285. The highest BCUT2D eigenvalue weighted by atomic mass is 19.4. The van der Waals surface area contributed by atoms with Gasteiger partial charge in [0.2, 0.25) is 5.91 Å². The molecule has 0 unspecified atom stereocenters. The van der Waals surface area contributed by atoms with Crippen molar-refractivity contribution in [3.05, 3.63) is 59.3 Å². The minimum atomic E-state index is -4.47. The third-order valence-corrected chi connectivity index (χ3v) is 4.99. The number of carbonyl (C=O) groups is 2. The molecule has 0 atom stereocenters. The van der Waals surface area contributed by atoms with E-state index >= 15 is 0 Å². The van der Waals surface area contributed by atoms with Crippen LogP contribution in [-0.2, 0) is 17.5 Å². The number of aromatic nitrogens is 1. The standard InChI is InChI=1S/C21H22F3N3O2/c22-21(23,24)17-10-11-18(25-13-17)27-20(29)16-8-6-14(7-9-16)12-26-19(28)15-4-2-1-3-5-15/h6-11,13,15H,1-5,12H2,(H,26,28)(H,25,27,29). The third kappa shape index (κ3) is 5.79. The highest BCUT2D eigenvalue weighted by Crippen LogP contribution is 2.29. The van der Waals surface area contributed by atoms with E-state index in [2.05, 4.69) is 15.6 Å². The fraction of sp³-hybridized carbons (Fsp3) is 0.381. The molecular formula is C21H22F3N3O2. The number of pyridine rings is 1. The molecule has 2 aromatic rings. The van der Waals surface area contributed by atoms with Crippen LogP contribution in [0.1, 0.15) is 53.6 Å². The smallest absolute Gasteiger partial charge is 0.352 e. The number of hydrogen-bond donors (Lipinski definition) is 2. The van der Waals surface area contributed by atoms with Crippen LogP contribution in [0.25, 0.3) is 0 Å². The number of anilines is 1. The Bertz CT molecular complexity index is 843. The minimum Gasteiger partial charge on any atom is -0.352 e. The Labute approximate surface area is 166 Å². The lowest BCUT2D eigenvalue weighted by atomic mass is 9.88. The van der Waals surface area contributed by atoms with Crippen molar-refractivity contribution >= 4 is 17.6 Å². The van der Waals surface area contributed by atoms with Gasteiger partial charge in [0.1, 0.15) is 5.82 Å². The molecule has 2 amide bonds. The van der Waals surface area contributed by atoms with Gasteiger partial charge in [0.25, 0.3) is 5.91 Å². The Morgan fingerprint density at radius 3 is 2.28 bits per heavy atom. The van der Waals surface area contributed by atoms with E-state index in [0.717, 1.165) is 43.4 Å². The molecule has 1 aromatic carbocycles. The molecular weight excluding hydrogens is 383 g/mol. The molecule has 29 heavy (non-hydrogen) atoms. The Morgan fingerprint density at radius 2 is 1.69 bits per heavy atom. The second-order valence-corrected chi connectivity index (χ2v) is 7.13. The van der Waals surface area contributed by atoms with Gasteiger partial charge in [-0.3, -0.25) is 9.59 Å². The number of hydrogen-bond acceptors (Lipinski definition) is 3. The summed E-state index contributed by atoms with van der Waals surface area (Å²) in [7, 11) is 0. The molecule has 154 valence electrons. The average molecular weight is 405 g/mol. The fourth-order valence-electron chi connectivity index (χ4n) is 3.30. The van der Waals surface area contributed by atoms with Gasteiger partial charge in [-0.1, -0.05) is 31.4 Å². The van der Waals surface area contributed by atoms with Gasteiger partial charge >= 0.3 is 6.18 Å². The number of nitrogens with one attached hydrogen (secondary N) is 2. The summed E-state index contributed by atoms with van der Waals surface area (Å²) in [6, 6.07) is 8.63. The van der Waals surface area contributed by atoms with E-state index in [1.165, 1.54) is 6.42 Å². The van der Waals surface area contributed by atoms with Crippen LogP contribution in [0.3, 0.4) is 0 Å². The van der Waals surface area contributed by atoms with Crippen molar-refractivity contribution in [1.82, 2.24) is 10.3 Å². The van der Waals surface area contributed by atoms with E-state index in [-0.39, 0.29) is 17.6 Å². The second kappa shape index (κ2) is 9.07. The first kappa shape index (κ1) is 20.8. The molecule has 2 N–H and O–H groups in total. The third-order valence-electron chi connectivity index (χ3n) is 4.99. The second-order valence-electron chi connectivity index (χ2n) is 7.13. The predicted octanol–water partition coefficient (Wildman–Crippen LogP) is 4.55. The van der Waals surface area contributed by atoms with Crippen LogP contribution in [0.4, 0.5) is 19.0 Å². The summed E-state index contributed by atoms with van der Waals surface area (Å²) in [6.07, 6.45) is 1.44. The quantitative estimate of drug-likeness (QED) is 0.767. The van der Waals surface area contributed by atoms with Gasteiger partial charge in [-0.2, -0.15) is 13.2 Å². The fourth-order valence-corrected chi connectivity index (χ4v) is 3.30. The lowest BCUT2D eigenvalue weighted by molar-refractivity contribution is -0.137. The Balaban J connectivity index is 1.52. The van der Waals surface area contributed by atoms with E-state index in [9.17, 15) is 22.8 Å². The summed E-state index contributed by atoms with van der Waals surface area (Å²) >= 11 is 0. The van der Waals surface area contributed by atoms with E-state index in [4.69, 9.17) is 0 Å². The molecule has 0 radical (unpaired) electrons. The molecule has 5 nitrogen and oxygen atoms in total. The Kier molecular flexibility index (Phi) is 6.51. The Morgan fingerprint density at radius 1 is 1.00 bits per heavy atom. The monoisotopic (exact) mass is 405 g/mol. The summed E-state index contributed by atoms with van der Waals surface area (Å²) in [5, 5.41) is 5.40. The first-order valence-electron chi connectivity index (χ1n) is 9.54. The van der Waals surface area contributed by atoms with Crippen molar-refractivity contribution in [1.29, 1.82) is 0 Å². The van der Waals surface area contributed by atoms with Gasteiger partial charge in [0, 0.05) is 24.2 Å². The largest absolute Gasteiger partial charge is 0.417 e. The first-order valence-corrected chi connectivity index (χ1v) is 9.54. The average Bonchev–Trinajstić information content (AvgIpc) is 2.72. The SMILES string of the molecule is O=C(Nc1ccc(C(F)(F)F)cn1)c1ccc(CNC(=O)C2CCCCC2)cc1. The molecule has 1 aromatic heterocycles. The van der Waals surface area contributed by atoms with Crippen LogP contribution in [0, 0.1) is 5.92 Å². The van der Waals surface area contributed by atoms with Gasteiger partial charge < -0.3 is 10.6 Å². The number of alkyl halides is 3. The van der Waals surface area contributed by atoms with E-state index in [0.29, 0.717) is 18.3 Å². The molecule has 1 aliphatic carbocycles. The van der Waals surface area contributed by atoms with Gasteiger partial charge in [-0.25, -0.2) is 4.98 Å². The van der Waals surface area contributed by atoms with Crippen LogP contribution >= 0.6 is 0 Å². The van der Waals surface area contributed by atoms with Crippen LogP contribution < -0.4 is 10.6 Å². The van der Waals surface area contributed by atoms with Crippen molar-refractivity contribution in [2.45, 2.75) is 44.8 Å². The van der Waals surface area contributed by atoms with Crippen LogP contribution in [-0.4, -0.2) is 16.8 Å². The molecule has 0 aliphatic heterocycles. The molecule has 3 rings (SSSR count). The molecule has 0 bridgehead atoms. The summed E-state index contributed by atoms with van der Waals surface area (Å²) < 4.78 is 37.6. The maximum absolute atomic E-state index is 12.5. The molecule has 0 spiro atoms. The summed E-state index contributed by atoms with van der Waals surface area (Å²) in [5.41, 5.74) is 0.322. The molecule has 8 heteroatoms. The lowest BCUT2D eigenvalue weighted by Gasteiger charge is -2.20.